The quantitative estimate of drug-likeness (QED) is 0.682. The maximum Gasteiger partial charge on any atom is 0.408 e. The molecule has 0 bridgehead atoms. The number of likely N-dealkylation sites (tertiary alicyclic amines) is 1. The van der Waals surface area contributed by atoms with Gasteiger partial charge in [0, 0.05) is 18.9 Å². The van der Waals surface area contributed by atoms with Crippen molar-refractivity contribution in [2.24, 2.45) is 5.92 Å². The number of rotatable bonds is 5. The van der Waals surface area contributed by atoms with Crippen molar-refractivity contribution in [3.8, 4) is 0 Å². The number of likely N-dealkylation sites (N-methyl/N-ethyl adjacent to an activating group) is 1. The van der Waals surface area contributed by atoms with Gasteiger partial charge in [-0.15, -0.1) is 0 Å². The van der Waals surface area contributed by atoms with Gasteiger partial charge in [0.1, 0.15) is 17.9 Å². The number of urea groups is 1. The number of β-lactam (4-membered cyclic amide) rings is 1. The third kappa shape index (κ3) is 4.66. The Labute approximate surface area is 182 Å². The van der Waals surface area contributed by atoms with Gasteiger partial charge in [0.25, 0.3) is 5.91 Å². The minimum absolute atomic E-state index is 0.0726. The Morgan fingerprint density at radius 1 is 1.25 bits per heavy atom. The summed E-state index contributed by atoms with van der Waals surface area (Å²) >= 11 is 0. The maximum absolute atomic E-state index is 13.2. The van der Waals surface area contributed by atoms with E-state index in [0.717, 1.165) is 6.92 Å². The van der Waals surface area contributed by atoms with Gasteiger partial charge in [0.15, 0.2) is 0 Å². The zero-order chi connectivity index (χ0) is 23.6. The number of amides is 4. The Morgan fingerprint density at radius 2 is 1.91 bits per heavy atom. The molecular weight excluding hydrogens is 427 g/mol. The highest BCUT2D eigenvalue weighted by molar-refractivity contribution is 6.12. The summed E-state index contributed by atoms with van der Waals surface area (Å²) in [7, 11) is 1.47. The number of aromatic nitrogens is 1. The van der Waals surface area contributed by atoms with Crippen molar-refractivity contribution in [2.75, 3.05) is 17.7 Å². The molecule has 4 amide bonds. The van der Waals surface area contributed by atoms with Crippen LogP contribution in [0.1, 0.15) is 12.5 Å². The second-order valence-corrected chi connectivity index (χ2v) is 7.50. The summed E-state index contributed by atoms with van der Waals surface area (Å²) < 4.78 is 38.7. The standard InChI is InChI=1S/C21H22F3N5O3/c1-12(21(22,23)24)27-20(32)29-17(19(31)28(2)14-6-4-3-5-7-14)15(18(29)30)10-13-8-9-26-16(25)11-13/h3-9,11-12,15,17H,10H2,1-2H3,(H2,25,26)(H,27,32)/t12?,15-,17+/m1/s1. The van der Waals surface area contributed by atoms with Crippen LogP contribution in [-0.2, 0) is 16.0 Å². The molecule has 3 atom stereocenters. The van der Waals surface area contributed by atoms with Crippen molar-refractivity contribution in [1.29, 1.82) is 0 Å². The molecule has 1 unspecified atom stereocenters. The number of nitrogens with two attached hydrogens (primary N) is 1. The van der Waals surface area contributed by atoms with Crippen LogP contribution in [-0.4, -0.2) is 53.0 Å². The van der Waals surface area contributed by atoms with E-state index >= 15 is 0 Å². The molecule has 0 spiro atoms. The second kappa shape index (κ2) is 8.85. The molecule has 2 heterocycles. The Bertz CT molecular complexity index is 1020. The van der Waals surface area contributed by atoms with Crippen LogP contribution in [0.5, 0.6) is 0 Å². The van der Waals surface area contributed by atoms with E-state index in [0.29, 0.717) is 16.2 Å². The molecule has 0 saturated carbocycles. The lowest BCUT2D eigenvalue weighted by molar-refractivity contribution is -0.159. The number of pyridine rings is 1. The molecule has 170 valence electrons. The summed E-state index contributed by atoms with van der Waals surface area (Å²) in [5.74, 6) is -2.07. The van der Waals surface area contributed by atoms with Gasteiger partial charge in [-0.1, -0.05) is 18.2 Å². The summed E-state index contributed by atoms with van der Waals surface area (Å²) in [4.78, 5) is 44.2. The number of benzene rings is 1. The van der Waals surface area contributed by atoms with Gasteiger partial charge < -0.3 is 16.0 Å². The second-order valence-electron chi connectivity index (χ2n) is 7.50. The number of hydrogen-bond donors (Lipinski definition) is 2. The van der Waals surface area contributed by atoms with Crippen molar-refractivity contribution < 1.29 is 27.6 Å². The molecule has 1 aromatic heterocycles. The average Bonchev–Trinajstić information content (AvgIpc) is 2.74. The van der Waals surface area contributed by atoms with Crippen molar-refractivity contribution in [3.05, 3.63) is 54.2 Å². The Kier molecular flexibility index (Phi) is 6.37. The molecule has 1 aliphatic heterocycles. The minimum atomic E-state index is -4.70. The van der Waals surface area contributed by atoms with E-state index in [4.69, 9.17) is 5.73 Å². The summed E-state index contributed by atoms with van der Waals surface area (Å²) in [6, 6.07) is 6.89. The zero-order valence-electron chi connectivity index (χ0n) is 17.3. The van der Waals surface area contributed by atoms with Crippen LogP contribution in [0.4, 0.5) is 29.5 Å². The van der Waals surface area contributed by atoms with Crippen molar-refractivity contribution >= 4 is 29.4 Å². The number of halogens is 3. The molecule has 0 radical (unpaired) electrons. The number of nitrogen functional groups attached to an aromatic ring is 1. The highest BCUT2D eigenvalue weighted by Gasteiger charge is 2.56. The predicted molar refractivity (Wildman–Crippen MR) is 110 cm³/mol. The SMILES string of the molecule is CC(NC(=O)N1C(=O)[C@H](Cc2ccnc(N)c2)[C@H]1C(=O)N(C)c1ccccc1)C(F)(F)F. The van der Waals surface area contributed by atoms with Crippen LogP contribution in [0.15, 0.2) is 48.7 Å². The minimum Gasteiger partial charge on any atom is -0.384 e. The lowest BCUT2D eigenvalue weighted by atomic mass is 9.81. The molecule has 3 rings (SSSR count). The molecule has 2 aromatic rings. The third-order valence-electron chi connectivity index (χ3n) is 5.29. The maximum atomic E-state index is 13.2. The largest absolute Gasteiger partial charge is 0.408 e. The molecule has 11 heteroatoms. The van der Waals surface area contributed by atoms with E-state index in [1.165, 1.54) is 24.2 Å². The van der Waals surface area contributed by atoms with E-state index < -0.39 is 42.0 Å². The lowest BCUT2D eigenvalue weighted by Crippen LogP contribution is -2.71. The van der Waals surface area contributed by atoms with Crippen molar-refractivity contribution in [3.63, 3.8) is 0 Å². The number of alkyl halides is 3. The summed E-state index contributed by atoms with van der Waals surface area (Å²) in [5, 5.41) is 1.75. The van der Waals surface area contributed by atoms with Gasteiger partial charge in [0.2, 0.25) is 5.91 Å². The fraction of sp³-hybridized carbons (Fsp3) is 0.333. The number of anilines is 2. The molecule has 3 N–H and O–H groups in total. The highest BCUT2D eigenvalue weighted by atomic mass is 19.4. The lowest BCUT2D eigenvalue weighted by Gasteiger charge is -2.46. The van der Waals surface area contributed by atoms with Gasteiger partial charge in [0.05, 0.1) is 5.92 Å². The van der Waals surface area contributed by atoms with Gasteiger partial charge in [-0.05, 0) is 43.2 Å². The Morgan fingerprint density at radius 3 is 2.50 bits per heavy atom. The number of carbonyl (C=O) groups is 3. The predicted octanol–water partition coefficient (Wildman–Crippen LogP) is 2.36. The first-order chi connectivity index (χ1) is 15.0. The molecular formula is C21H22F3N5O3. The monoisotopic (exact) mass is 449 g/mol. The summed E-state index contributed by atoms with van der Waals surface area (Å²) in [5.41, 5.74) is 6.78. The molecule has 1 aromatic carbocycles. The first kappa shape index (κ1) is 23.0. The van der Waals surface area contributed by atoms with E-state index in [-0.39, 0.29) is 12.2 Å². The van der Waals surface area contributed by atoms with Gasteiger partial charge >= 0.3 is 12.2 Å². The smallest absolute Gasteiger partial charge is 0.384 e. The molecule has 1 saturated heterocycles. The van der Waals surface area contributed by atoms with Crippen LogP contribution < -0.4 is 16.0 Å². The number of nitrogens with one attached hydrogen (secondary N) is 1. The summed E-state index contributed by atoms with van der Waals surface area (Å²) in [6.45, 7) is 0.756. The highest BCUT2D eigenvalue weighted by Crippen LogP contribution is 2.33. The Hall–Kier alpha value is -3.63. The molecule has 8 nitrogen and oxygen atoms in total. The van der Waals surface area contributed by atoms with Crippen LogP contribution in [0.2, 0.25) is 0 Å². The van der Waals surface area contributed by atoms with Gasteiger partial charge in [-0.2, -0.15) is 13.2 Å². The molecule has 1 fully saturated rings. The summed E-state index contributed by atoms with van der Waals surface area (Å²) in [6.07, 6.45) is -3.18. The van der Waals surface area contributed by atoms with E-state index in [2.05, 4.69) is 4.98 Å². The first-order valence-corrected chi connectivity index (χ1v) is 9.74. The fourth-order valence-corrected chi connectivity index (χ4v) is 3.45. The molecule has 0 aliphatic carbocycles. The fourth-order valence-electron chi connectivity index (χ4n) is 3.45. The van der Waals surface area contributed by atoms with Crippen molar-refractivity contribution in [2.45, 2.75) is 31.6 Å². The van der Waals surface area contributed by atoms with Gasteiger partial charge in [-0.25, -0.2) is 9.78 Å². The van der Waals surface area contributed by atoms with Gasteiger partial charge in [-0.3, -0.25) is 14.5 Å². The van der Waals surface area contributed by atoms with Crippen molar-refractivity contribution in [1.82, 2.24) is 15.2 Å². The first-order valence-electron chi connectivity index (χ1n) is 9.74. The van der Waals surface area contributed by atoms with Crippen LogP contribution in [0.25, 0.3) is 0 Å². The normalized spacial score (nSPS) is 19.2. The third-order valence-corrected chi connectivity index (χ3v) is 5.29. The Balaban J connectivity index is 1.87. The number of imide groups is 1. The number of carbonyl (C=O) groups excluding carboxylic acids is 3. The van der Waals surface area contributed by atoms with E-state index in [9.17, 15) is 27.6 Å². The van der Waals surface area contributed by atoms with Crippen LogP contribution >= 0.6 is 0 Å². The molecule has 1 aliphatic rings. The number of nitrogens with zero attached hydrogens (tertiary/aromatic N) is 3. The van der Waals surface area contributed by atoms with E-state index in [1.807, 2.05) is 0 Å². The average molecular weight is 449 g/mol. The molecule has 32 heavy (non-hydrogen) atoms. The number of hydrogen-bond acceptors (Lipinski definition) is 5. The topological polar surface area (TPSA) is 109 Å². The number of para-hydroxylation sites is 1. The zero-order valence-corrected chi connectivity index (χ0v) is 17.3. The van der Waals surface area contributed by atoms with Crippen LogP contribution in [0.3, 0.4) is 0 Å². The van der Waals surface area contributed by atoms with E-state index in [1.54, 1.807) is 41.7 Å². The van der Waals surface area contributed by atoms with Crippen LogP contribution in [0, 0.1) is 5.92 Å².